The van der Waals surface area contributed by atoms with Gasteiger partial charge in [0.25, 0.3) is 5.92 Å². The zero-order valence-electron chi connectivity index (χ0n) is 16.9. The van der Waals surface area contributed by atoms with Crippen molar-refractivity contribution in [2.75, 3.05) is 13.6 Å². The lowest BCUT2D eigenvalue weighted by atomic mass is 9.77. The fourth-order valence-electron chi connectivity index (χ4n) is 3.12. The molecule has 2 aromatic carbocycles. The van der Waals surface area contributed by atoms with Crippen LogP contribution in [0.25, 0.3) is 0 Å². The van der Waals surface area contributed by atoms with Crippen LogP contribution >= 0.6 is 0 Å². The molecule has 0 spiro atoms. The Labute approximate surface area is 164 Å². The average Bonchev–Trinajstić information content (AvgIpc) is 2.67. The van der Waals surface area contributed by atoms with Crippen molar-refractivity contribution < 1.29 is 18.3 Å². The quantitative estimate of drug-likeness (QED) is 0.510. The van der Waals surface area contributed by atoms with E-state index >= 15 is 8.78 Å². The van der Waals surface area contributed by atoms with Gasteiger partial charge in [0.2, 0.25) is 0 Å². The maximum Gasteiger partial charge on any atom is 0.284 e. The Kier molecular flexibility index (Phi) is 6.55. The Morgan fingerprint density at radius 1 is 1.07 bits per heavy atom. The van der Waals surface area contributed by atoms with Gasteiger partial charge in [0, 0.05) is 25.6 Å². The molecule has 0 bridgehead atoms. The minimum Gasteiger partial charge on any atom is -0.374 e. The summed E-state index contributed by atoms with van der Waals surface area (Å²) in [6, 6.07) is 8.25. The molecule has 0 radical (unpaired) electrons. The van der Waals surface area contributed by atoms with Gasteiger partial charge in [-0.2, -0.15) is 0 Å². The van der Waals surface area contributed by atoms with E-state index in [9.17, 15) is 9.50 Å². The molecule has 0 aliphatic carbocycles. The number of alkyl halides is 2. The zero-order valence-corrected chi connectivity index (χ0v) is 16.9. The molecule has 0 saturated carbocycles. The van der Waals surface area contributed by atoms with Crippen molar-refractivity contribution in [1.82, 2.24) is 4.90 Å². The summed E-state index contributed by atoms with van der Waals surface area (Å²) >= 11 is 0. The highest BCUT2D eigenvalue weighted by atomic mass is 19.3. The molecule has 1 unspecified atom stereocenters. The molecule has 0 amide bonds. The molecule has 0 fully saturated rings. The standard InChI is InChI=1S/C22H27F3N2O/c1-6-21(24,25)22(28,17-10-8-9-11-19(17)23)18-12-16(4)20(13-15(18)3)26-14-27(5)7-2/h8-14,28H,6-7H2,1-5H3. The van der Waals surface area contributed by atoms with Crippen molar-refractivity contribution in [3.05, 3.63) is 64.5 Å². The second kappa shape index (κ2) is 8.35. The van der Waals surface area contributed by atoms with E-state index in [1.54, 1.807) is 26.3 Å². The molecule has 0 saturated heterocycles. The molecule has 2 aromatic rings. The number of benzene rings is 2. The molecule has 1 N–H and O–H groups in total. The summed E-state index contributed by atoms with van der Waals surface area (Å²) in [6.07, 6.45) is 1.02. The van der Waals surface area contributed by atoms with Gasteiger partial charge in [-0.15, -0.1) is 0 Å². The van der Waals surface area contributed by atoms with Crippen LogP contribution in [-0.2, 0) is 5.60 Å². The molecule has 0 aliphatic heterocycles. The molecule has 6 heteroatoms. The second-order valence-electron chi connectivity index (χ2n) is 7.02. The van der Waals surface area contributed by atoms with Gasteiger partial charge in [-0.25, -0.2) is 18.2 Å². The van der Waals surface area contributed by atoms with Gasteiger partial charge in [-0.05, 0) is 49.6 Å². The van der Waals surface area contributed by atoms with Crippen LogP contribution in [0.1, 0.15) is 42.5 Å². The first-order valence-electron chi connectivity index (χ1n) is 9.29. The Bertz CT molecular complexity index is 867. The van der Waals surface area contributed by atoms with Crippen molar-refractivity contribution in [3.63, 3.8) is 0 Å². The maximum absolute atomic E-state index is 15.0. The maximum atomic E-state index is 15.0. The lowest BCUT2D eigenvalue weighted by Gasteiger charge is -2.37. The minimum atomic E-state index is -3.57. The molecule has 2 rings (SSSR count). The summed E-state index contributed by atoms with van der Waals surface area (Å²) in [5.74, 6) is -4.44. The van der Waals surface area contributed by atoms with Gasteiger partial charge in [0.15, 0.2) is 5.60 Å². The van der Waals surface area contributed by atoms with E-state index in [-0.39, 0.29) is 5.56 Å². The van der Waals surface area contributed by atoms with E-state index in [0.717, 1.165) is 12.6 Å². The highest BCUT2D eigenvalue weighted by Crippen LogP contribution is 2.47. The molecule has 0 aliphatic rings. The van der Waals surface area contributed by atoms with Crippen molar-refractivity contribution in [2.24, 2.45) is 4.99 Å². The lowest BCUT2D eigenvalue weighted by molar-refractivity contribution is -0.167. The van der Waals surface area contributed by atoms with Crippen molar-refractivity contribution in [2.45, 2.75) is 45.6 Å². The number of rotatable bonds is 7. The third-order valence-corrected chi connectivity index (χ3v) is 5.06. The summed E-state index contributed by atoms with van der Waals surface area (Å²) in [7, 11) is 1.87. The lowest BCUT2D eigenvalue weighted by Crippen LogP contribution is -2.47. The van der Waals surface area contributed by atoms with E-state index in [0.29, 0.717) is 16.8 Å². The van der Waals surface area contributed by atoms with Gasteiger partial charge < -0.3 is 10.0 Å². The van der Waals surface area contributed by atoms with Crippen LogP contribution in [0.3, 0.4) is 0 Å². The van der Waals surface area contributed by atoms with Crippen LogP contribution in [-0.4, -0.2) is 35.9 Å². The first-order chi connectivity index (χ1) is 13.1. The van der Waals surface area contributed by atoms with E-state index in [1.165, 1.54) is 31.2 Å². The highest BCUT2D eigenvalue weighted by molar-refractivity contribution is 5.64. The average molecular weight is 392 g/mol. The monoisotopic (exact) mass is 392 g/mol. The summed E-state index contributed by atoms with van der Waals surface area (Å²) in [6.45, 7) is 7.37. The first kappa shape index (κ1) is 22.0. The van der Waals surface area contributed by atoms with Crippen molar-refractivity contribution in [3.8, 4) is 0 Å². The first-order valence-corrected chi connectivity index (χ1v) is 9.29. The molecule has 1 atom stereocenters. The third kappa shape index (κ3) is 3.92. The summed E-state index contributed by atoms with van der Waals surface area (Å²) in [5, 5.41) is 11.3. The fourth-order valence-corrected chi connectivity index (χ4v) is 3.12. The largest absolute Gasteiger partial charge is 0.374 e. The number of halogens is 3. The van der Waals surface area contributed by atoms with Crippen LogP contribution in [0.2, 0.25) is 0 Å². The summed E-state index contributed by atoms with van der Waals surface area (Å²) in [4.78, 5) is 6.27. The summed E-state index contributed by atoms with van der Waals surface area (Å²) in [5.41, 5.74) is -1.61. The number of nitrogens with zero attached hydrogens (tertiary/aromatic N) is 2. The fraction of sp³-hybridized carbons (Fsp3) is 0.409. The van der Waals surface area contributed by atoms with E-state index < -0.39 is 29.3 Å². The van der Waals surface area contributed by atoms with Gasteiger partial charge in [-0.3, -0.25) is 0 Å². The van der Waals surface area contributed by atoms with Crippen LogP contribution < -0.4 is 0 Å². The number of aliphatic hydroxyl groups is 1. The van der Waals surface area contributed by atoms with Crippen LogP contribution in [0.4, 0.5) is 18.9 Å². The van der Waals surface area contributed by atoms with Gasteiger partial charge in [-0.1, -0.05) is 31.2 Å². The molecular formula is C22H27F3N2O. The summed E-state index contributed by atoms with van der Waals surface area (Å²) < 4.78 is 44.5. The van der Waals surface area contributed by atoms with Gasteiger partial charge >= 0.3 is 0 Å². The molecule has 28 heavy (non-hydrogen) atoms. The SMILES string of the molecule is CCN(C)C=Nc1cc(C)c(C(O)(c2ccccc2F)C(F)(F)CC)cc1C. The normalized spacial score (nSPS) is 14.3. The van der Waals surface area contributed by atoms with E-state index in [2.05, 4.69) is 4.99 Å². The molecule has 0 aromatic heterocycles. The topological polar surface area (TPSA) is 35.8 Å². The number of aryl methyl sites for hydroxylation is 2. The Hall–Kier alpha value is -2.34. The van der Waals surface area contributed by atoms with Gasteiger partial charge in [0.1, 0.15) is 5.82 Å². The van der Waals surface area contributed by atoms with Crippen LogP contribution in [0.5, 0.6) is 0 Å². The second-order valence-corrected chi connectivity index (χ2v) is 7.02. The van der Waals surface area contributed by atoms with Crippen molar-refractivity contribution >= 4 is 12.0 Å². The van der Waals surface area contributed by atoms with Crippen LogP contribution in [0.15, 0.2) is 41.4 Å². The van der Waals surface area contributed by atoms with Crippen LogP contribution in [0, 0.1) is 19.7 Å². The smallest absolute Gasteiger partial charge is 0.284 e. The number of hydrogen-bond acceptors (Lipinski definition) is 2. The minimum absolute atomic E-state index is 0.0234. The predicted molar refractivity (Wildman–Crippen MR) is 107 cm³/mol. The Morgan fingerprint density at radius 2 is 1.71 bits per heavy atom. The Morgan fingerprint density at radius 3 is 2.29 bits per heavy atom. The Balaban J connectivity index is 2.71. The third-order valence-electron chi connectivity index (χ3n) is 5.06. The van der Waals surface area contributed by atoms with E-state index in [1.807, 2.05) is 18.9 Å². The van der Waals surface area contributed by atoms with E-state index in [4.69, 9.17) is 0 Å². The zero-order chi connectivity index (χ0) is 21.1. The molecule has 0 heterocycles. The molecular weight excluding hydrogens is 365 g/mol. The van der Waals surface area contributed by atoms with Gasteiger partial charge in [0.05, 0.1) is 12.0 Å². The number of hydrogen-bond donors (Lipinski definition) is 1. The van der Waals surface area contributed by atoms with Crippen molar-refractivity contribution in [1.29, 1.82) is 0 Å². The molecule has 3 nitrogen and oxygen atoms in total. The number of aliphatic imine (C=N–C) groups is 1. The molecule has 152 valence electrons. The highest BCUT2D eigenvalue weighted by Gasteiger charge is 2.55. The predicted octanol–water partition coefficient (Wildman–Crippen LogP) is 5.34.